The van der Waals surface area contributed by atoms with E-state index in [1.54, 1.807) is 0 Å². The van der Waals surface area contributed by atoms with Crippen LogP contribution >= 0.6 is 22.3 Å². The number of halogens is 5. The van der Waals surface area contributed by atoms with Gasteiger partial charge in [0.25, 0.3) is 15.5 Å². The Morgan fingerprint density at radius 2 is 1.93 bits per heavy atom. The van der Waals surface area contributed by atoms with Gasteiger partial charge in [-0.2, -0.15) is 4.39 Å². The van der Waals surface area contributed by atoms with Crippen molar-refractivity contribution < 1.29 is 21.6 Å². The van der Waals surface area contributed by atoms with Crippen LogP contribution in [0.3, 0.4) is 0 Å². The Bertz CT molecular complexity index is 468. The van der Waals surface area contributed by atoms with Crippen LogP contribution < -0.4 is 0 Å². The number of hydrogen-bond acceptors (Lipinski definition) is 3. The molecule has 0 radical (unpaired) electrons. The average molecular weight is 280 g/mol. The molecule has 9 heteroatoms. The molecule has 0 atom stereocenters. The molecule has 1 heterocycles. The van der Waals surface area contributed by atoms with Crippen molar-refractivity contribution in [2.75, 3.05) is 0 Å². The standard InChI is InChI=1S/C6H2Cl2F3NO2S/c7-2-1-3(5(9)10)12-6(11)4(2)15(8,13)14/h1,5H. The zero-order valence-corrected chi connectivity index (χ0v) is 9.04. The molecule has 0 fully saturated rings. The van der Waals surface area contributed by atoms with Gasteiger partial charge in [-0.15, -0.1) is 0 Å². The van der Waals surface area contributed by atoms with Crippen molar-refractivity contribution in [2.24, 2.45) is 0 Å². The lowest BCUT2D eigenvalue weighted by Crippen LogP contribution is -2.03. The highest BCUT2D eigenvalue weighted by atomic mass is 35.7. The molecular formula is C6H2Cl2F3NO2S. The van der Waals surface area contributed by atoms with Crippen LogP contribution in [0.5, 0.6) is 0 Å². The zero-order chi connectivity index (χ0) is 11.8. The summed E-state index contributed by atoms with van der Waals surface area (Å²) in [6.07, 6.45) is -3.05. The second kappa shape index (κ2) is 4.15. The van der Waals surface area contributed by atoms with Crippen LogP contribution in [0.2, 0.25) is 5.02 Å². The first-order valence-corrected chi connectivity index (χ1v) is 6.01. The normalized spacial score (nSPS) is 12.1. The molecule has 1 aromatic rings. The van der Waals surface area contributed by atoms with Gasteiger partial charge in [0.15, 0.2) is 4.90 Å². The fraction of sp³-hybridized carbons (Fsp3) is 0.167. The molecule has 0 aliphatic heterocycles. The molecule has 0 saturated heterocycles. The maximum atomic E-state index is 13.0. The monoisotopic (exact) mass is 279 g/mol. The van der Waals surface area contributed by atoms with E-state index in [0.29, 0.717) is 6.07 Å². The Morgan fingerprint density at radius 1 is 1.40 bits per heavy atom. The molecular weight excluding hydrogens is 278 g/mol. The Hall–Kier alpha value is -0.530. The van der Waals surface area contributed by atoms with Crippen molar-refractivity contribution in [2.45, 2.75) is 11.3 Å². The fourth-order valence-corrected chi connectivity index (χ4v) is 2.41. The van der Waals surface area contributed by atoms with Gasteiger partial charge in [0.05, 0.1) is 5.02 Å². The quantitative estimate of drug-likeness (QED) is 0.618. The molecule has 84 valence electrons. The lowest BCUT2D eigenvalue weighted by Gasteiger charge is -2.04. The van der Waals surface area contributed by atoms with Gasteiger partial charge in [0.2, 0.25) is 5.95 Å². The van der Waals surface area contributed by atoms with Gasteiger partial charge in [-0.25, -0.2) is 22.2 Å². The Labute approximate surface area is 92.2 Å². The molecule has 0 saturated carbocycles. The molecule has 1 rings (SSSR count). The van der Waals surface area contributed by atoms with Crippen molar-refractivity contribution in [3.05, 3.63) is 22.7 Å². The number of nitrogens with zero attached hydrogens (tertiary/aromatic N) is 1. The number of hydrogen-bond donors (Lipinski definition) is 0. The summed E-state index contributed by atoms with van der Waals surface area (Å²) in [5.74, 6) is -1.65. The van der Waals surface area contributed by atoms with Gasteiger partial charge >= 0.3 is 0 Å². The highest BCUT2D eigenvalue weighted by Gasteiger charge is 2.24. The lowest BCUT2D eigenvalue weighted by atomic mass is 10.3. The minimum Gasteiger partial charge on any atom is -0.217 e. The molecule has 15 heavy (non-hydrogen) atoms. The van der Waals surface area contributed by atoms with Gasteiger partial charge in [-0.3, -0.25) is 0 Å². The SMILES string of the molecule is O=S(=O)(Cl)c1c(Cl)cc(C(F)F)nc1F. The van der Waals surface area contributed by atoms with Gasteiger partial charge in [-0.05, 0) is 6.07 Å². The van der Waals surface area contributed by atoms with E-state index in [9.17, 15) is 21.6 Å². The van der Waals surface area contributed by atoms with E-state index in [0.717, 1.165) is 0 Å². The zero-order valence-electron chi connectivity index (χ0n) is 6.72. The summed E-state index contributed by atoms with van der Waals surface area (Å²) in [5.41, 5.74) is -0.957. The number of aromatic nitrogens is 1. The topological polar surface area (TPSA) is 47.0 Å². The van der Waals surface area contributed by atoms with E-state index in [4.69, 9.17) is 22.3 Å². The minimum atomic E-state index is -4.45. The van der Waals surface area contributed by atoms with Crippen molar-refractivity contribution in [1.29, 1.82) is 0 Å². The predicted molar refractivity (Wildman–Crippen MR) is 47.2 cm³/mol. The fourth-order valence-electron chi connectivity index (χ4n) is 0.819. The lowest BCUT2D eigenvalue weighted by molar-refractivity contribution is 0.144. The van der Waals surface area contributed by atoms with Crippen LogP contribution in [0.25, 0.3) is 0 Å². The largest absolute Gasteiger partial charge is 0.280 e. The molecule has 0 bridgehead atoms. The summed E-state index contributed by atoms with van der Waals surface area (Å²) >= 11 is 5.29. The van der Waals surface area contributed by atoms with Crippen LogP contribution in [0.4, 0.5) is 13.2 Å². The Morgan fingerprint density at radius 3 is 2.27 bits per heavy atom. The summed E-state index contributed by atoms with van der Waals surface area (Å²) in [6.45, 7) is 0. The predicted octanol–water partition coefficient (Wildman–Crippen LogP) is 2.74. The maximum Gasteiger partial charge on any atom is 0.280 e. The first kappa shape index (κ1) is 12.5. The van der Waals surface area contributed by atoms with Crippen LogP contribution in [-0.4, -0.2) is 13.4 Å². The molecule has 0 aliphatic carbocycles. The van der Waals surface area contributed by atoms with Gasteiger partial charge < -0.3 is 0 Å². The second-order valence-electron chi connectivity index (χ2n) is 2.39. The molecule has 0 N–H and O–H groups in total. The highest BCUT2D eigenvalue weighted by molar-refractivity contribution is 8.13. The van der Waals surface area contributed by atoms with E-state index in [-0.39, 0.29) is 0 Å². The Balaban J connectivity index is 3.48. The number of pyridine rings is 1. The molecule has 0 spiro atoms. The smallest absolute Gasteiger partial charge is 0.217 e. The van der Waals surface area contributed by atoms with E-state index in [2.05, 4.69) is 4.98 Å². The van der Waals surface area contributed by atoms with Gasteiger partial charge in [0.1, 0.15) is 5.69 Å². The number of alkyl halides is 2. The molecule has 0 unspecified atom stereocenters. The minimum absolute atomic E-state index is 0.546. The molecule has 0 aliphatic rings. The van der Waals surface area contributed by atoms with Gasteiger partial charge in [-0.1, -0.05) is 11.6 Å². The first-order chi connectivity index (χ1) is 6.73. The molecule has 0 amide bonds. The van der Waals surface area contributed by atoms with Crippen LogP contribution in [-0.2, 0) is 9.05 Å². The average Bonchev–Trinajstić information content (AvgIpc) is 1.99. The van der Waals surface area contributed by atoms with E-state index < -0.39 is 37.0 Å². The third-order valence-corrected chi connectivity index (χ3v) is 3.12. The maximum absolute atomic E-state index is 13.0. The molecule has 0 aromatic carbocycles. The molecule has 1 aromatic heterocycles. The van der Waals surface area contributed by atoms with Crippen molar-refractivity contribution >= 4 is 31.3 Å². The summed E-state index contributed by atoms with van der Waals surface area (Å²) < 4.78 is 58.7. The van der Waals surface area contributed by atoms with E-state index >= 15 is 0 Å². The summed E-state index contributed by atoms with van der Waals surface area (Å²) in [5, 5.41) is -0.729. The van der Waals surface area contributed by atoms with Crippen LogP contribution in [0.1, 0.15) is 12.1 Å². The third kappa shape index (κ3) is 2.73. The van der Waals surface area contributed by atoms with Crippen molar-refractivity contribution in [3.8, 4) is 0 Å². The number of rotatable bonds is 2. The second-order valence-corrected chi connectivity index (χ2v) is 5.30. The van der Waals surface area contributed by atoms with Crippen molar-refractivity contribution in [3.63, 3.8) is 0 Å². The third-order valence-electron chi connectivity index (χ3n) is 1.37. The first-order valence-electron chi connectivity index (χ1n) is 3.32. The Kier molecular flexibility index (Phi) is 3.47. The molecule has 3 nitrogen and oxygen atoms in total. The van der Waals surface area contributed by atoms with Crippen LogP contribution in [0, 0.1) is 5.95 Å². The highest BCUT2D eigenvalue weighted by Crippen LogP contribution is 2.29. The summed E-state index contributed by atoms with van der Waals surface area (Å²) in [6, 6.07) is 0.546. The van der Waals surface area contributed by atoms with E-state index in [1.165, 1.54) is 0 Å². The summed E-state index contributed by atoms with van der Waals surface area (Å²) in [7, 11) is 0.373. The van der Waals surface area contributed by atoms with Crippen LogP contribution in [0.15, 0.2) is 11.0 Å². The van der Waals surface area contributed by atoms with Gasteiger partial charge in [0, 0.05) is 10.7 Å². The van der Waals surface area contributed by atoms with Crippen molar-refractivity contribution in [1.82, 2.24) is 4.98 Å². The van der Waals surface area contributed by atoms with E-state index in [1.807, 2.05) is 0 Å². The summed E-state index contributed by atoms with van der Waals surface area (Å²) in [4.78, 5) is 1.63.